The number of hydrogen-bond acceptors (Lipinski definition) is 2. The zero-order valence-corrected chi connectivity index (χ0v) is 9.75. The van der Waals surface area contributed by atoms with Gasteiger partial charge in [-0.1, -0.05) is 36.7 Å². The van der Waals surface area contributed by atoms with Gasteiger partial charge in [0.25, 0.3) is 0 Å². The van der Waals surface area contributed by atoms with Crippen LogP contribution >= 0.6 is 11.6 Å². The molecule has 0 aliphatic rings. The smallest absolute Gasteiger partial charge is 0.159 e. The minimum Gasteiger partial charge on any atom is -0.377 e. The van der Waals surface area contributed by atoms with Crippen LogP contribution in [0.25, 0.3) is 0 Å². The van der Waals surface area contributed by atoms with E-state index in [1.165, 1.54) is 7.11 Å². The molecule has 1 atom stereocenters. The molecule has 1 unspecified atom stereocenters. The highest BCUT2D eigenvalue weighted by atomic mass is 35.5. The van der Waals surface area contributed by atoms with Gasteiger partial charge in [-0.15, -0.1) is 0 Å². The van der Waals surface area contributed by atoms with Crippen LogP contribution in [0.1, 0.15) is 24.8 Å². The molecule has 0 aliphatic heterocycles. The molecule has 15 heavy (non-hydrogen) atoms. The molecule has 1 aromatic carbocycles. The minimum absolute atomic E-state index is 0.102. The number of rotatable bonds is 5. The lowest BCUT2D eigenvalue weighted by molar-refractivity contribution is -0.122. The third-order valence-corrected chi connectivity index (χ3v) is 2.62. The number of methoxy groups -OCH3 is 1. The van der Waals surface area contributed by atoms with Gasteiger partial charge in [0.15, 0.2) is 5.78 Å². The Labute approximate surface area is 95.2 Å². The van der Waals surface area contributed by atoms with Gasteiger partial charge in [-0.05, 0) is 17.5 Å². The van der Waals surface area contributed by atoms with Gasteiger partial charge in [-0.25, -0.2) is 0 Å². The van der Waals surface area contributed by atoms with Gasteiger partial charge in [-0.2, -0.15) is 0 Å². The summed E-state index contributed by atoms with van der Waals surface area (Å²) in [5.41, 5.74) is 1.02. The fourth-order valence-corrected chi connectivity index (χ4v) is 1.87. The lowest BCUT2D eigenvalue weighted by Gasteiger charge is -2.12. The van der Waals surface area contributed by atoms with E-state index in [9.17, 15) is 4.79 Å². The lowest BCUT2D eigenvalue weighted by Crippen LogP contribution is -2.10. The first-order valence-electron chi connectivity index (χ1n) is 4.90. The zero-order chi connectivity index (χ0) is 11.3. The highest BCUT2D eigenvalue weighted by Gasteiger charge is 2.13. The average molecular weight is 227 g/mol. The standard InChI is InChI=1S/C12H15ClO2/c1-9(7-10(14)8-15-2)11-5-3-4-6-12(11)13/h3-6,9H,7-8H2,1-2H3. The molecule has 0 saturated carbocycles. The SMILES string of the molecule is COCC(=O)CC(C)c1ccccc1Cl. The molecule has 2 nitrogen and oxygen atoms in total. The molecule has 0 heterocycles. The molecule has 0 fully saturated rings. The van der Waals surface area contributed by atoms with E-state index >= 15 is 0 Å². The highest BCUT2D eigenvalue weighted by molar-refractivity contribution is 6.31. The Morgan fingerprint density at radius 3 is 2.73 bits per heavy atom. The van der Waals surface area contributed by atoms with E-state index in [0.717, 1.165) is 10.6 Å². The van der Waals surface area contributed by atoms with Crippen LogP contribution in [0.4, 0.5) is 0 Å². The molecule has 0 amide bonds. The van der Waals surface area contributed by atoms with Crippen molar-refractivity contribution in [1.29, 1.82) is 0 Å². The first kappa shape index (κ1) is 12.2. The second-order valence-corrected chi connectivity index (χ2v) is 4.01. The molecule has 1 aromatic rings. The van der Waals surface area contributed by atoms with E-state index in [0.29, 0.717) is 6.42 Å². The first-order valence-corrected chi connectivity index (χ1v) is 5.28. The number of ketones is 1. The van der Waals surface area contributed by atoms with Crippen LogP contribution in [0.3, 0.4) is 0 Å². The van der Waals surface area contributed by atoms with E-state index < -0.39 is 0 Å². The van der Waals surface area contributed by atoms with Crippen molar-refractivity contribution in [3.63, 3.8) is 0 Å². The summed E-state index contributed by atoms with van der Waals surface area (Å²) in [6, 6.07) is 7.61. The Morgan fingerprint density at radius 1 is 1.47 bits per heavy atom. The number of ether oxygens (including phenoxy) is 1. The maximum Gasteiger partial charge on any atom is 0.159 e. The van der Waals surface area contributed by atoms with Crippen LogP contribution in [0.15, 0.2) is 24.3 Å². The molecule has 0 aliphatic carbocycles. The summed E-state index contributed by atoms with van der Waals surface area (Å²) in [6.07, 6.45) is 0.470. The van der Waals surface area contributed by atoms with Gasteiger partial charge in [-0.3, -0.25) is 4.79 Å². The van der Waals surface area contributed by atoms with Crippen molar-refractivity contribution in [3.05, 3.63) is 34.9 Å². The van der Waals surface area contributed by atoms with Crippen LogP contribution in [0.5, 0.6) is 0 Å². The van der Waals surface area contributed by atoms with Crippen molar-refractivity contribution in [2.45, 2.75) is 19.3 Å². The summed E-state index contributed by atoms with van der Waals surface area (Å²) >= 11 is 6.04. The Bertz CT molecular complexity index is 336. The van der Waals surface area contributed by atoms with Gasteiger partial charge in [0.1, 0.15) is 6.61 Å². The monoisotopic (exact) mass is 226 g/mol. The maximum absolute atomic E-state index is 11.4. The van der Waals surface area contributed by atoms with E-state index in [-0.39, 0.29) is 18.3 Å². The van der Waals surface area contributed by atoms with Gasteiger partial charge < -0.3 is 4.74 Å². The number of benzene rings is 1. The summed E-state index contributed by atoms with van der Waals surface area (Å²) in [4.78, 5) is 11.4. The van der Waals surface area contributed by atoms with E-state index in [1.807, 2.05) is 31.2 Å². The third-order valence-electron chi connectivity index (χ3n) is 2.28. The molecule has 82 valence electrons. The van der Waals surface area contributed by atoms with E-state index in [2.05, 4.69) is 0 Å². The summed E-state index contributed by atoms with van der Waals surface area (Å²) < 4.78 is 4.79. The van der Waals surface area contributed by atoms with Crippen LogP contribution in [0, 0.1) is 0 Å². The normalized spacial score (nSPS) is 12.5. The summed E-state index contributed by atoms with van der Waals surface area (Å²) in [6.45, 7) is 2.17. The summed E-state index contributed by atoms with van der Waals surface area (Å²) in [5.74, 6) is 0.242. The quantitative estimate of drug-likeness (QED) is 0.772. The predicted molar refractivity (Wildman–Crippen MR) is 61.4 cm³/mol. The Kier molecular flexibility index (Phi) is 4.79. The molecule has 3 heteroatoms. The summed E-state index contributed by atoms with van der Waals surface area (Å²) in [5, 5.41) is 0.718. The molecule has 0 saturated heterocycles. The number of Topliss-reactive ketones (excluding diaryl/α,β-unsaturated/α-hetero) is 1. The third kappa shape index (κ3) is 3.65. The fraction of sp³-hybridized carbons (Fsp3) is 0.417. The van der Waals surface area contributed by atoms with Crippen LogP contribution in [-0.4, -0.2) is 19.5 Å². The number of carbonyl (C=O) groups excluding carboxylic acids is 1. The minimum atomic E-state index is 0.102. The maximum atomic E-state index is 11.4. The molecule has 0 radical (unpaired) electrons. The number of halogens is 1. The van der Waals surface area contributed by atoms with Crippen molar-refractivity contribution < 1.29 is 9.53 Å². The van der Waals surface area contributed by atoms with Crippen LogP contribution in [0.2, 0.25) is 5.02 Å². The van der Waals surface area contributed by atoms with Crippen molar-refractivity contribution in [3.8, 4) is 0 Å². The second-order valence-electron chi connectivity index (χ2n) is 3.60. The Hall–Kier alpha value is -0.860. The van der Waals surface area contributed by atoms with E-state index in [4.69, 9.17) is 16.3 Å². The predicted octanol–water partition coefficient (Wildman–Crippen LogP) is 3.05. The molecular formula is C12H15ClO2. The van der Waals surface area contributed by atoms with Crippen LogP contribution in [-0.2, 0) is 9.53 Å². The Morgan fingerprint density at radius 2 is 2.13 bits per heavy atom. The highest BCUT2D eigenvalue weighted by Crippen LogP contribution is 2.26. The van der Waals surface area contributed by atoms with E-state index in [1.54, 1.807) is 0 Å². The van der Waals surface area contributed by atoms with Crippen molar-refractivity contribution in [2.75, 3.05) is 13.7 Å². The molecule has 0 bridgehead atoms. The summed E-state index contributed by atoms with van der Waals surface area (Å²) in [7, 11) is 1.53. The van der Waals surface area contributed by atoms with Crippen molar-refractivity contribution in [2.24, 2.45) is 0 Å². The molecule has 1 rings (SSSR count). The Balaban J connectivity index is 2.65. The van der Waals surface area contributed by atoms with Gasteiger partial charge >= 0.3 is 0 Å². The zero-order valence-electron chi connectivity index (χ0n) is 9.00. The van der Waals surface area contributed by atoms with Gasteiger partial charge in [0.2, 0.25) is 0 Å². The van der Waals surface area contributed by atoms with Gasteiger partial charge in [0, 0.05) is 18.6 Å². The molecule has 0 spiro atoms. The fourth-order valence-electron chi connectivity index (χ4n) is 1.55. The van der Waals surface area contributed by atoms with Crippen molar-refractivity contribution in [1.82, 2.24) is 0 Å². The molecule has 0 aromatic heterocycles. The lowest BCUT2D eigenvalue weighted by atomic mass is 9.96. The first-order chi connectivity index (χ1) is 7.15. The largest absolute Gasteiger partial charge is 0.377 e. The van der Waals surface area contributed by atoms with Crippen LogP contribution < -0.4 is 0 Å². The number of carbonyl (C=O) groups is 1. The van der Waals surface area contributed by atoms with Crippen molar-refractivity contribution >= 4 is 17.4 Å². The van der Waals surface area contributed by atoms with Gasteiger partial charge in [0.05, 0.1) is 0 Å². The number of hydrogen-bond donors (Lipinski definition) is 0. The second kappa shape index (κ2) is 5.89. The molecule has 0 N–H and O–H groups in total. The molecular weight excluding hydrogens is 212 g/mol. The average Bonchev–Trinajstić information content (AvgIpc) is 2.18. The topological polar surface area (TPSA) is 26.3 Å².